The van der Waals surface area contributed by atoms with E-state index in [1.165, 1.54) is 28.9 Å². The second kappa shape index (κ2) is 6.78. The molecule has 0 aliphatic heterocycles. The highest BCUT2D eigenvalue weighted by Gasteiger charge is 2.35. The van der Waals surface area contributed by atoms with Crippen molar-refractivity contribution >= 4 is 39.1 Å². The van der Waals surface area contributed by atoms with Gasteiger partial charge in [0.05, 0.1) is 16.3 Å². The van der Waals surface area contributed by atoms with Crippen LogP contribution in [0.15, 0.2) is 35.7 Å². The number of carboxylic acids is 1. The highest BCUT2D eigenvalue weighted by molar-refractivity contribution is 7.92. The molecule has 27 heavy (non-hydrogen) atoms. The molecule has 0 bridgehead atoms. The average Bonchev–Trinajstić information content (AvgIpc) is 2.99. The van der Waals surface area contributed by atoms with E-state index in [4.69, 9.17) is 11.6 Å². The number of benzene rings is 1. The summed E-state index contributed by atoms with van der Waals surface area (Å²) in [4.78, 5) is 19.6. The Kier molecular flexibility index (Phi) is 4.79. The van der Waals surface area contributed by atoms with Crippen LogP contribution in [0.2, 0.25) is 5.02 Å². The molecule has 0 saturated heterocycles. The zero-order valence-electron chi connectivity index (χ0n) is 14.7. The fourth-order valence-electron chi connectivity index (χ4n) is 2.62. The molecule has 142 valence electrons. The number of carboxylic acid groups (broad SMARTS) is 1. The van der Waals surface area contributed by atoms with E-state index in [9.17, 15) is 18.3 Å². The van der Waals surface area contributed by atoms with Crippen molar-refractivity contribution in [1.29, 1.82) is 0 Å². The van der Waals surface area contributed by atoms with Crippen LogP contribution in [0.1, 0.15) is 29.8 Å². The van der Waals surface area contributed by atoms with E-state index >= 15 is 0 Å². The van der Waals surface area contributed by atoms with Gasteiger partial charge in [-0.15, -0.1) is 5.10 Å². The summed E-state index contributed by atoms with van der Waals surface area (Å²) in [6.07, 6.45) is 3.13. The number of rotatable bonds is 5. The van der Waals surface area contributed by atoms with Crippen LogP contribution in [0, 0.1) is 6.92 Å². The zero-order valence-corrected chi connectivity index (χ0v) is 16.2. The third kappa shape index (κ3) is 3.33. The summed E-state index contributed by atoms with van der Waals surface area (Å²) in [6.45, 7) is 4.99. The number of aromatic carboxylic acids is 1. The second-order valence-electron chi connectivity index (χ2n) is 6.11. The smallest absolute Gasteiger partial charge is 0.337 e. The molecule has 0 aliphatic rings. The van der Waals surface area contributed by atoms with Crippen LogP contribution in [0.25, 0.3) is 5.78 Å². The van der Waals surface area contributed by atoms with Gasteiger partial charge in [0.25, 0.3) is 10.9 Å². The number of sulfonamides is 1. The van der Waals surface area contributed by atoms with E-state index in [-0.39, 0.29) is 22.1 Å². The minimum atomic E-state index is -4.30. The molecular weight excluding hydrogens is 394 g/mol. The fourth-order valence-corrected chi connectivity index (χ4v) is 4.49. The number of aromatic nitrogens is 4. The predicted octanol–water partition coefficient (Wildman–Crippen LogP) is 2.39. The summed E-state index contributed by atoms with van der Waals surface area (Å²) in [5.74, 6) is -1.19. The summed E-state index contributed by atoms with van der Waals surface area (Å²) in [5.41, 5.74) is 0.401. The van der Waals surface area contributed by atoms with Crippen molar-refractivity contribution < 1.29 is 18.3 Å². The fraction of sp³-hybridized carbons (Fsp3) is 0.250. The quantitative estimate of drug-likeness (QED) is 0.687. The Hall–Kier alpha value is -2.72. The first-order valence-electron chi connectivity index (χ1n) is 7.88. The molecule has 9 nitrogen and oxygen atoms in total. The number of para-hydroxylation sites is 1. The van der Waals surface area contributed by atoms with Gasteiger partial charge in [-0.1, -0.05) is 17.7 Å². The van der Waals surface area contributed by atoms with Crippen molar-refractivity contribution in [3.05, 3.63) is 46.7 Å². The standard InChI is InChI=1S/C16H16ClN5O4S/c1-9(2)22(13-11(14(23)24)5-4-6-12(13)17)27(25,26)16-19-15-18-7-10(3)8-21(15)20-16/h4-9H,1-3H3,(H,23,24). The van der Waals surface area contributed by atoms with Gasteiger partial charge < -0.3 is 5.11 Å². The van der Waals surface area contributed by atoms with Crippen LogP contribution >= 0.6 is 11.6 Å². The van der Waals surface area contributed by atoms with Crippen molar-refractivity contribution in [3.63, 3.8) is 0 Å². The van der Waals surface area contributed by atoms with Gasteiger partial charge in [-0.25, -0.2) is 14.3 Å². The molecule has 0 unspecified atom stereocenters. The third-order valence-corrected chi connectivity index (χ3v) is 5.76. The highest BCUT2D eigenvalue weighted by atomic mass is 35.5. The van der Waals surface area contributed by atoms with Gasteiger partial charge in [0.1, 0.15) is 0 Å². The van der Waals surface area contributed by atoms with E-state index in [1.807, 2.05) is 0 Å². The van der Waals surface area contributed by atoms with Crippen molar-refractivity contribution in [2.24, 2.45) is 0 Å². The van der Waals surface area contributed by atoms with Crippen molar-refractivity contribution in [2.45, 2.75) is 32.0 Å². The predicted molar refractivity (Wildman–Crippen MR) is 98.7 cm³/mol. The van der Waals surface area contributed by atoms with Gasteiger partial charge in [0.2, 0.25) is 0 Å². The maximum atomic E-state index is 13.3. The van der Waals surface area contributed by atoms with Crippen LogP contribution in [-0.4, -0.2) is 45.1 Å². The summed E-state index contributed by atoms with van der Waals surface area (Å²) < 4.78 is 28.7. The molecule has 1 N–H and O–H groups in total. The Balaban J connectivity index is 2.24. The monoisotopic (exact) mass is 409 g/mol. The molecule has 0 radical (unpaired) electrons. The maximum absolute atomic E-state index is 13.3. The molecule has 0 aliphatic carbocycles. The van der Waals surface area contributed by atoms with Crippen LogP contribution in [-0.2, 0) is 10.0 Å². The van der Waals surface area contributed by atoms with E-state index < -0.39 is 27.2 Å². The maximum Gasteiger partial charge on any atom is 0.337 e. The average molecular weight is 410 g/mol. The molecule has 0 saturated carbocycles. The molecular formula is C16H16ClN5O4S. The molecule has 0 spiro atoms. The molecule has 3 rings (SSSR count). The van der Waals surface area contributed by atoms with Crippen molar-refractivity contribution in [3.8, 4) is 0 Å². The number of hydrogen-bond donors (Lipinski definition) is 1. The van der Waals surface area contributed by atoms with Gasteiger partial charge in [-0.05, 0) is 38.5 Å². The number of anilines is 1. The lowest BCUT2D eigenvalue weighted by Crippen LogP contribution is -2.39. The lowest BCUT2D eigenvalue weighted by atomic mass is 10.1. The molecule has 2 heterocycles. The highest BCUT2D eigenvalue weighted by Crippen LogP contribution is 2.35. The minimum absolute atomic E-state index is 0.00934. The topological polar surface area (TPSA) is 118 Å². The van der Waals surface area contributed by atoms with Gasteiger partial charge in [-0.2, -0.15) is 13.4 Å². The van der Waals surface area contributed by atoms with E-state index in [0.29, 0.717) is 0 Å². The third-order valence-electron chi connectivity index (χ3n) is 3.70. The van der Waals surface area contributed by atoms with Crippen LogP contribution in [0.3, 0.4) is 0 Å². The van der Waals surface area contributed by atoms with Crippen molar-refractivity contribution in [1.82, 2.24) is 19.6 Å². The lowest BCUT2D eigenvalue weighted by Gasteiger charge is -2.28. The number of hydrogen-bond acceptors (Lipinski definition) is 6. The molecule has 0 atom stereocenters. The van der Waals surface area contributed by atoms with Crippen molar-refractivity contribution in [2.75, 3.05) is 4.31 Å². The first kappa shape index (κ1) is 19.1. The molecule has 3 aromatic rings. The Morgan fingerprint density at radius 1 is 1.33 bits per heavy atom. The zero-order chi connectivity index (χ0) is 19.9. The van der Waals surface area contributed by atoms with Gasteiger partial charge >= 0.3 is 16.0 Å². The summed E-state index contributed by atoms with van der Waals surface area (Å²) in [6, 6.07) is 3.51. The second-order valence-corrected chi connectivity index (χ2v) is 8.22. The lowest BCUT2D eigenvalue weighted by molar-refractivity contribution is 0.0697. The molecule has 0 fully saturated rings. The summed E-state index contributed by atoms with van der Waals surface area (Å²) >= 11 is 6.18. The SMILES string of the molecule is Cc1cnc2nc(S(=O)(=O)N(c3c(Cl)cccc3C(=O)O)C(C)C)nn2c1. The van der Waals surface area contributed by atoms with Crippen LogP contribution in [0.5, 0.6) is 0 Å². The minimum Gasteiger partial charge on any atom is -0.478 e. The van der Waals surface area contributed by atoms with Gasteiger partial charge in [0.15, 0.2) is 0 Å². The van der Waals surface area contributed by atoms with Crippen LogP contribution < -0.4 is 4.31 Å². The summed E-state index contributed by atoms with van der Waals surface area (Å²) in [5, 5.41) is 13.0. The van der Waals surface area contributed by atoms with E-state index in [0.717, 1.165) is 9.87 Å². The molecule has 1 aromatic carbocycles. The molecule has 11 heteroatoms. The first-order valence-corrected chi connectivity index (χ1v) is 9.70. The van der Waals surface area contributed by atoms with Crippen LogP contribution in [0.4, 0.5) is 5.69 Å². The number of aryl methyl sites for hydroxylation is 1. The Bertz CT molecular complexity index is 1140. The Morgan fingerprint density at radius 3 is 2.67 bits per heavy atom. The van der Waals surface area contributed by atoms with E-state index in [1.54, 1.807) is 27.0 Å². The number of halogens is 1. The molecule has 0 amide bonds. The Labute approximate surface area is 160 Å². The van der Waals surface area contributed by atoms with Gasteiger partial charge in [-0.3, -0.25) is 4.31 Å². The van der Waals surface area contributed by atoms with Gasteiger partial charge in [0, 0.05) is 18.4 Å². The molecule has 2 aromatic heterocycles. The largest absolute Gasteiger partial charge is 0.478 e. The first-order chi connectivity index (χ1) is 12.6. The normalized spacial score (nSPS) is 11.9. The number of fused-ring (bicyclic) bond motifs is 1. The van der Waals surface area contributed by atoms with E-state index in [2.05, 4.69) is 15.1 Å². The number of carbonyl (C=O) groups is 1. The number of nitrogens with zero attached hydrogens (tertiary/aromatic N) is 5. The Morgan fingerprint density at radius 2 is 2.04 bits per heavy atom. The summed E-state index contributed by atoms with van der Waals surface area (Å²) in [7, 11) is -4.30.